The van der Waals surface area contributed by atoms with Crippen molar-refractivity contribution in [3.05, 3.63) is 29.8 Å². The van der Waals surface area contributed by atoms with Gasteiger partial charge in [0.05, 0.1) is 4.90 Å². The van der Waals surface area contributed by atoms with Crippen molar-refractivity contribution in [1.29, 1.82) is 0 Å². The van der Waals surface area contributed by atoms with Gasteiger partial charge in [0.25, 0.3) is 0 Å². The predicted molar refractivity (Wildman–Crippen MR) is 108 cm³/mol. The Balaban J connectivity index is 1.73. The van der Waals surface area contributed by atoms with Crippen molar-refractivity contribution in [2.75, 3.05) is 26.2 Å². The van der Waals surface area contributed by atoms with Gasteiger partial charge in [0.15, 0.2) is 11.6 Å². The second-order valence-electron chi connectivity index (χ2n) is 7.38. The van der Waals surface area contributed by atoms with Gasteiger partial charge in [0.1, 0.15) is 0 Å². The number of amides is 2. The van der Waals surface area contributed by atoms with Crippen LogP contribution in [-0.4, -0.2) is 51.3 Å². The zero-order valence-corrected chi connectivity index (χ0v) is 17.9. The number of halogens is 2. The van der Waals surface area contributed by atoms with E-state index in [0.717, 1.165) is 31.4 Å². The summed E-state index contributed by atoms with van der Waals surface area (Å²) in [6, 6.07) is 2.29. The number of sulfonamides is 1. The molecule has 1 aromatic rings. The molecule has 1 heterocycles. The van der Waals surface area contributed by atoms with Crippen molar-refractivity contribution in [2.24, 2.45) is 5.92 Å². The molecule has 2 N–H and O–H groups in total. The molecule has 7 nitrogen and oxygen atoms in total. The van der Waals surface area contributed by atoms with Crippen molar-refractivity contribution in [1.82, 2.24) is 14.9 Å². The molecule has 10 heteroatoms. The summed E-state index contributed by atoms with van der Waals surface area (Å²) >= 11 is 0. The van der Waals surface area contributed by atoms with Crippen LogP contribution in [-0.2, 0) is 19.6 Å². The van der Waals surface area contributed by atoms with Crippen LogP contribution < -0.4 is 10.0 Å². The second kappa shape index (κ2) is 11.4. The van der Waals surface area contributed by atoms with Crippen LogP contribution in [0, 0.1) is 17.6 Å². The minimum atomic E-state index is -4.04. The lowest BCUT2D eigenvalue weighted by Crippen LogP contribution is -2.44. The van der Waals surface area contributed by atoms with Gasteiger partial charge >= 0.3 is 0 Å². The molecule has 0 aromatic heterocycles. The van der Waals surface area contributed by atoms with Gasteiger partial charge in [-0.15, -0.1) is 0 Å². The Hall–Kier alpha value is -2.07. The standard InChI is InChI=1S/C20H29F2N3O4S/c1-2-3-4-10-23-20(27)15-8-12-25(13-9-15)19(26)7-11-24-30(28,29)16-5-6-17(21)18(22)14-16/h5-6,14-15,24H,2-4,7-13H2,1H3,(H,23,27). The van der Waals surface area contributed by atoms with Crippen molar-refractivity contribution in [2.45, 2.75) is 50.3 Å². The SMILES string of the molecule is CCCCCNC(=O)C1CCN(C(=O)CCNS(=O)(=O)c2ccc(F)c(F)c2)CC1. The number of nitrogens with one attached hydrogen (secondary N) is 2. The molecule has 1 fully saturated rings. The molecule has 0 unspecified atom stereocenters. The Morgan fingerprint density at radius 2 is 1.80 bits per heavy atom. The number of rotatable bonds is 10. The Morgan fingerprint density at radius 1 is 1.10 bits per heavy atom. The van der Waals surface area contributed by atoms with Gasteiger partial charge in [-0.05, 0) is 37.5 Å². The number of nitrogens with zero attached hydrogens (tertiary/aromatic N) is 1. The smallest absolute Gasteiger partial charge is 0.240 e. The molecule has 0 bridgehead atoms. The largest absolute Gasteiger partial charge is 0.356 e. The van der Waals surface area contributed by atoms with Crippen LogP contribution in [0.3, 0.4) is 0 Å². The number of unbranched alkanes of at least 4 members (excludes halogenated alkanes) is 2. The number of benzene rings is 1. The highest BCUT2D eigenvalue weighted by atomic mass is 32.2. The Labute approximate surface area is 176 Å². The van der Waals surface area contributed by atoms with E-state index in [1.54, 1.807) is 4.90 Å². The predicted octanol–water partition coefficient (Wildman–Crippen LogP) is 2.18. The van der Waals surface area contributed by atoms with Crippen molar-refractivity contribution in [3.63, 3.8) is 0 Å². The minimum Gasteiger partial charge on any atom is -0.356 e. The monoisotopic (exact) mass is 445 g/mol. The lowest BCUT2D eigenvalue weighted by molar-refractivity contribution is -0.135. The molecule has 2 rings (SSSR count). The van der Waals surface area contributed by atoms with E-state index in [9.17, 15) is 26.8 Å². The Kier molecular flexibility index (Phi) is 9.16. The van der Waals surface area contributed by atoms with E-state index in [4.69, 9.17) is 0 Å². The maximum atomic E-state index is 13.2. The molecular weight excluding hydrogens is 416 g/mol. The van der Waals surface area contributed by atoms with Crippen molar-refractivity contribution >= 4 is 21.8 Å². The van der Waals surface area contributed by atoms with E-state index in [1.807, 2.05) is 0 Å². The van der Waals surface area contributed by atoms with Crippen molar-refractivity contribution in [3.8, 4) is 0 Å². The molecule has 168 valence electrons. The highest BCUT2D eigenvalue weighted by Gasteiger charge is 2.27. The zero-order chi connectivity index (χ0) is 22.1. The molecule has 0 aliphatic carbocycles. The first-order valence-corrected chi connectivity index (χ1v) is 11.7. The molecule has 1 aliphatic heterocycles. The van der Waals surface area contributed by atoms with Gasteiger partial charge < -0.3 is 10.2 Å². The number of hydrogen-bond acceptors (Lipinski definition) is 4. The van der Waals surface area contributed by atoms with E-state index in [2.05, 4.69) is 17.0 Å². The highest BCUT2D eigenvalue weighted by molar-refractivity contribution is 7.89. The van der Waals surface area contributed by atoms with Gasteiger partial charge in [-0.25, -0.2) is 21.9 Å². The van der Waals surface area contributed by atoms with Crippen LogP contribution in [0.1, 0.15) is 45.4 Å². The number of piperidine rings is 1. The third-order valence-electron chi connectivity index (χ3n) is 5.13. The van der Waals surface area contributed by atoms with E-state index < -0.39 is 26.6 Å². The van der Waals surface area contributed by atoms with Crippen LogP contribution >= 0.6 is 0 Å². The molecule has 0 atom stereocenters. The molecule has 1 saturated heterocycles. The first kappa shape index (κ1) is 24.2. The fourth-order valence-corrected chi connectivity index (χ4v) is 4.34. The van der Waals surface area contributed by atoms with Crippen LogP contribution in [0.25, 0.3) is 0 Å². The molecule has 0 saturated carbocycles. The van der Waals surface area contributed by atoms with Crippen LogP contribution in [0.2, 0.25) is 0 Å². The van der Waals surface area contributed by atoms with Crippen molar-refractivity contribution < 1.29 is 26.8 Å². The van der Waals surface area contributed by atoms with Gasteiger partial charge in [-0.3, -0.25) is 9.59 Å². The number of likely N-dealkylation sites (tertiary alicyclic amines) is 1. The average Bonchev–Trinajstić information content (AvgIpc) is 2.73. The molecule has 30 heavy (non-hydrogen) atoms. The summed E-state index contributed by atoms with van der Waals surface area (Å²) in [7, 11) is -4.04. The molecule has 1 aliphatic rings. The second-order valence-corrected chi connectivity index (χ2v) is 9.14. The number of carbonyl (C=O) groups is 2. The Morgan fingerprint density at radius 3 is 2.43 bits per heavy atom. The molecule has 2 amide bonds. The average molecular weight is 446 g/mol. The summed E-state index contributed by atoms with van der Waals surface area (Å²) in [5.74, 6) is -2.70. The summed E-state index contributed by atoms with van der Waals surface area (Å²) in [5, 5.41) is 2.94. The third-order valence-corrected chi connectivity index (χ3v) is 6.59. The van der Waals surface area contributed by atoms with Gasteiger partial charge in [-0.2, -0.15) is 0 Å². The quantitative estimate of drug-likeness (QED) is 0.540. The van der Waals surface area contributed by atoms with Crippen LogP contribution in [0.4, 0.5) is 8.78 Å². The van der Waals surface area contributed by atoms with E-state index in [1.165, 1.54) is 0 Å². The van der Waals surface area contributed by atoms with Crippen LogP contribution in [0.15, 0.2) is 23.1 Å². The summed E-state index contributed by atoms with van der Waals surface area (Å²) in [6.07, 6.45) is 4.22. The first-order chi connectivity index (χ1) is 14.2. The fourth-order valence-electron chi connectivity index (χ4n) is 3.30. The van der Waals surface area contributed by atoms with Gasteiger partial charge in [0.2, 0.25) is 21.8 Å². The molecule has 0 radical (unpaired) electrons. The molecule has 1 aromatic carbocycles. The fraction of sp³-hybridized carbons (Fsp3) is 0.600. The van der Waals surface area contributed by atoms with Gasteiger partial charge in [-0.1, -0.05) is 19.8 Å². The topological polar surface area (TPSA) is 95.6 Å². The maximum absolute atomic E-state index is 13.2. The van der Waals surface area contributed by atoms with Crippen LogP contribution in [0.5, 0.6) is 0 Å². The highest BCUT2D eigenvalue weighted by Crippen LogP contribution is 2.18. The summed E-state index contributed by atoms with van der Waals surface area (Å²) in [6.45, 7) is 3.51. The van der Waals surface area contributed by atoms with Gasteiger partial charge in [0, 0.05) is 38.5 Å². The summed E-state index contributed by atoms with van der Waals surface area (Å²) in [4.78, 5) is 25.7. The maximum Gasteiger partial charge on any atom is 0.240 e. The lowest BCUT2D eigenvalue weighted by atomic mass is 9.95. The third kappa shape index (κ3) is 7.02. The van der Waals surface area contributed by atoms with E-state index in [0.29, 0.717) is 38.5 Å². The normalized spacial score (nSPS) is 15.2. The number of carbonyl (C=O) groups excluding carboxylic acids is 2. The van der Waals surface area contributed by atoms with E-state index in [-0.39, 0.29) is 30.7 Å². The summed E-state index contributed by atoms with van der Waals surface area (Å²) < 4.78 is 52.7. The lowest BCUT2D eigenvalue weighted by Gasteiger charge is -2.31. The van der Waals surface area contributed by atoms with E-state index >= 15 is 0 Å². The summed E-state index contributed by atoms with van der Waals surface area (Å²) in [5.41, 5.74) is 0. The zero-order valence-electron chi connectivity index (χ0n) is 17.1. The molecule has 0 spiro atoms. The first-order valence-electron chi connectivity index (χ1n) is 10.2. The number of hydrogen-bond donors (Lipinski definition) is 2. The molecular formula is C20H29F2N3O4S. The minimum absolute atomic E-state index is 0.0255. The Bertz CT molecular complexity index is 840.